The van der Waals surface area contributed by atoms with E-state index in [2.05, 4.69) is 19.9 Å². The lowest BCUT2D eigenvalue weighted by atomic mass is 10.1. The van der Waals surface area contributed by atoms with Gasteiger partial charge in [-0.2, -0.15) is 0 Å². The minimum Gasteiger partial charge on any atom is -0.0840 e. The topological polar surface area (TPSA) is 0 Å². The number of halogens is 1. The molecule has 0 nitrogen and oxygen atoms in total. The fraction of sp³-hybridized carbons (Fsp3) is 0.400. The highest BCUT2D eigenvalue weighted by atomic mass is 35.5. The van der Waals surface area contributed by atoms with Crippen molar-refractivity contribution in [1.29, 1.82) is 0 Å². The van der Waals surface area contributed by atoms with Crippen molar-refractivity contribution in [2.75, 3.05) is 0 Å². The quantitative estimate of drug-likeness (QED) is 0.635. The number of benzene rings is 1. The molecule has 0 aliphatic rings. The van der Waals surface area contributed by atoms with E-state index in [0.29, 0.717) is 0 Å². The van der Waals surface area contributed by atoms with E-state index in [-0.39, 0.29) is 0 Å². The van der Waals surface area contributed by atoms with E-state index in [9.17, 15) is 0 Å². The monoisotopic (exact) mass is 167 g/mol. The molecule has 11 heavy (non-hydrogen) atoms. The lowest BCUT2D eigenvalue weighted by Crippen LogP contribution is -1.86. The van der Waals surface area contributed by atoms with Gasteiger partial charge in [-0.15, -0.1) is 0 Å². The van der Waals surface area contributed by atoms with Gasteiger partial charge in [-0.25, -0.2) is 0 Å². The molecule has 1 radical (unpaired) electrons. The fourth-order valence-electron chi connectivity index (χ4n) is 1.03. The third-order valence-corrected chi connectivity index (χ3v) is 2.12. The Morgan fingerprint density at radius 1 is 1.27 bits per heavy atom. The van der Waals surface area contributed by atoms with Crippen molar-refractivity contribution in [2.45, 2.75) is 26.7 Å². The average molecular weight is 168 g/mol. The van der Waals surface area contributed by atoms with Gasteiger partial charge in [0, 0.05) is 5.02 Å². The molecule has 0 unspecified atom stereocenters. The highest BCUT2D eigenvalue weighted by molar-refractivity contribution is 6.31. The molecule has 1 rings (SSSR count). The van der Waals surface area contributed by atoms with Crippen molar-refractivity contribution in [2.24, 2.45) is 0 Å². The molecule has 59 valence electrons. The summed E-state index contributed by atoms with van der Waals surface area (Å²) in [5.41, 5.74) is 2.37. The molecule has 0 heterocycles. The van der Waals surface area contributed by atoms with E-state index >= 15 is 0 Å². The zero-order valence-electron chi connectivity index (χ0n) is 6.95. The summed E-state index contributed by atoms with van der Waals surface area (Å²) < 4.78 is 0. The van der Waals surface area contributed by atoms with E-state index in [4.69, 9.17) is 11.6 Å². The highest BCUT2D eigenvalue weighted by Gasteiger charge is 1.98. The van der Waals surface area contributed by atoms with Crippen LogP contribution in [0.15, 0.2) is 12.1 Å². The summed E-state index contributed by atoms with van der Waals surface area (Å²) >= 11 is 5.92. The fourth-order valence-corrected chi connectivity index (χ4v) is 1.28. The second-order valence-corrected chi connectivity index (χ2v) is 2.92. The van der Waals surface area contributed by atoms with Gasteiger partial charge in [-0.1, -0.05) is 31.5 Å². The molecule has 0 amide bonds. The van der Waals surface area contributed by atoms with Crippen LogP contribution in [0.4, 0.5) is 0 Å². The molecule has 1 aromatic rings. The lowest BCUT2D eigenvalue weighted by Gasteiger charge is -2.01. The molecule has 0 aliphatic heterocycles. The maximum atomic E-state index is 5.92. The van der Waals surface area contributed by atoms with Gasteiger partial charge >= 0.3 is 0 Å². The minimum absolute atomic E-state index is 0.838. The van der Waals surface area contributed by atoms with Crippen LogP contribution in [-0.2, 0) is 12.8 Å². The predicted molar refractivity (Wildman–Crippen MR) is 49.0 cm³/mol. The Bertz CT molecular complexity index is 241. The summed E-state index contributed by atoms with van der Waals surface area (Å²) in [5.74, 6) is 0. The minimum atomic E-state index is 0.838. The van der Waals surface area contributed by atoms with Gasteiger partial charge in [0.15, 0.2) is 0 Å². The molecule has 0 aromatic heterocycles. The molecule has 1 aromatic carbocycles. The van der Waals surface area contributed by atoms with Crippen LogP contribution in [0.3, 0.4) is 0 Å². The van der Waals surface area contributed by atoms with Crippen LogP contribution in [0.1, 0.15) is 25.0 Å². The van der Waals surface area contributed by atoms with Gasteiger partial charge in [0.2, 0.25) is 0 Å². The van der Waals surface area contributed by atoms with Crippen molar-refractivity contribution < 1.29 is 0 Å². The molecule has 0 fully saturated rings. The van der Waals surface area contributed by atoms with Crippen molar-refractivity contribution in [3.05, 3.63) is 34.3 Å². The molecule has 0 spiro atoms. The molecule has 0 bridgehead atoms. The summed E-state index contributed by atoms with van der Waals surface area (Å²) in [5, 5.41) is 0.838. The molecule has 0 saturated carbocycles. The lowest BCUT2D eigenvalue weighted by molar-refractivity contribution is 1.08. The SMILES string of the molecule is CCc1[c]c(CC)c(Cl)cc1. The summed E-state index contributed by atoms with van der Waals surface area (Å²) in [6.45, 7) is 4.22. The van der Waals surface area contributed by atoms with Crippen LogP contribution < -0.4 is 0 Å². The third kappa shape index (κ3) is 1.97. The molecule has 0 N–H and O–H groups in total. The van der Waals surface area contributed by atoms with Gasteiger partial charge in [0.05, 0.1) is 0 Å². The first kappa shape index (κ1) is 8.61. The predicted octanol–water partition coefficient (Wildman–Crippen LogP) is 3.26. The van der Waals surface area contributed by atoms with E-state index in [0.717, 1.165) is 23.4 Å². The van der Waals surface area contributed by atoms with E-state index in [1.165, 1.54) is 5.56 Å². The zero-order valence-corrected chi connectivity index (χ0v) is 7.70. The number of hydrogen-bond acceptors (Lipinski definition) is 0. The highest BCUT2D eigenvalue weighted by Crippen LogP contribution is 2.17. The summed E-state index contributed by atoms with van der Waals surface area (Å²) in [6, 6.07) is 7.26. The second-order valence-electron chi connectivity index (χ2n) is 2.52. The first-order chi connectivity index (χ1) is 5.27. The smallest absolute Gasteiger partial charge is 0.0444 e. The van der Waals surface area contributed by atoms with Crippen LogP contribution in [0, 0.1) is 6.07 Å². The van der Waals surface area contributed by atoms with E-state index in [1.54, 1.807) is 0 Å². The Labute approximate surface area is 73.2 Å². The Hall–Kier alpha value is -0.490. The molecule has 0 atom stereocenters. The summed E-state index contributed by atoms with van der Waals surface area (Å²) in [4.78, 5) is 0. The van der Waals surface area contributed by atoms with Gasteiger partial charge in [-0.3, -0.25) is 0 Å². The van der Waals surface area contributed by atoms with Crippen LogP contribution in [0.2, 0.25) is 5.02 Å². The number of rotatable bonds is 2. The maximum absolute atomic E-state index is 5.92. The maximum Gasteiger partial charge on any atom is 0.0444 e. The van der Waals surface area contributed by atoms with E-state index in [1.807, 2.05) is 12.1 Å². The summed E-state index contributed by atoms with van der Waals surface area (Å²) in [7, 11) is 0. The normalized spacial score (nSPS) is 10.1. The standard InChI is InChI=1S/C10H12Cl/c1-3-8-5-6-10(11)9(4-2)7-8/h5-6H,3-4H2,1-2H3. The number of aryl methyl sites for hydroxylation is 2. The molecule has 1 heteroatoms. The van der Waals surface area contributed by atoms with Crippen molar-refractivity contribution in [3.63, 3.8) is 0 Å². The van der Waals surface area contributed by atoms with Crippen LogP contribution in [0.25, 0.3) is 0 Å². The third-order valence-electron chi connectivity index (χ3n) is 1.77. The molecular formula is C10H12Cl. The van der Waals surface area contributed by atoms with Crippen LogP contribution >= 0.6 is 11.6 Å². The van der Waals surface area contributed by atoms with Crippen LogP contribution in [0.5, 0.6) is 0 Å². The second kappa shape index (κ2) is 3.77. The zero-order chi connectivity index (χ0) is 8.27. The van der Waals surface area contributed by atoms with Crippen LogP contribution in [-0.4, -0.2) is 0 Å². The van der Waals surface area contributed by atoms with Gasteiger partial charge in [-0.05, 0) is 36.1 Å². The Balaban J connectivity index is 3.02. The van der Waals surface area contributed by atoms with E-state index < -0.39 is 0 Å². The van der Waals surface area contributed by atoms with Crippen molar-refractivity contribution in [3.8, 4) is 0 Å². The Kier molecular flexibility index (Phi) is 2.95. The van der Waals surface area contributed by atoms with Gasteiger partial charge in [0.25, 0.3) is 0 Å². The average Bonchev–Trinajstić information content (AvgIpc) is 2.05. The first-order valence-corrected chi connectivity index (χ1v) is 4.35. The Morgan fingerprint density at radius 3 is 2.55 bits per heavy atom. The Morgan fingerprint density at radius 2 is 2.00 bits per heavy atom. The number of hydrogen-bond donors (Lipinski definition) is 0. The molecule has 0 aliphatic carbocycles. The summed E-state index contributed by atoms with van der Waals surface area (Å²) in [6.07, 6.45) is 2.00. The van der Waals surface area contributed by atoms with Gasteiger partial charge in [0.1, 0.15) is 0 Å². The van der Waals surface area contributed by atoms with Crippen molar-refractivity contribution >= 4 is 11.6 Å². The van der Waals surface area contributed by atoms with Gasteiger partial charge < -0.3 is 0 Å². The molecular weight excluding hydrogens is 156 g/mol. The van der Waals surface area contributed by atoms with Crippen molar-refractivity contribution in [1.82, 2.24) is 0 Å². The molecule has 0 saturated heterocycles. The largest absolute Gasteiger partial charge is 0.0840 e. The first-order valence-electron chi connectivity index (χ1n) is 3.97.